The minimum Gasteiger partial charge on any atom is -0.489 e. The molecule has 2 aromatic carbocycles. The number of ether oxygens (including phenoxy) is 1. The van der Waals surface area contributed by atoms with Crippen molar-refractivity contribution in [1.29, 1.82) is 0 Å². The van der Waals surface area contributed by atoms with Gasteiger partial charge >= 0.3 is 5.63 Å². The third-order valence-electron chi connectivity index (χ3n) is 3.84. The molecule has 0 aliphatic carbocycles. The van der Waals surface area contributed by atoms with Crippen LogP contribution in [0.25, 0.3) is 11.0 Å². The van der Waals surface area contributed by atoms with Crippen LogP contribution in [0.4, 0.5) is 0 Å². The zero-order valence-electron chi connectivity index (χ0n) is 13.2. The summed E-state index contributed by atoms with van der Waals surface area (Å²) in [6.07, 6.45) is 0.868. The van der Waals surface area contributed by atoms with Crippen LogP contribution < -0.4 is 16.1 Å². The van der Waals surface area contributed by atoms with Gasteiger partial charge in [0, 0.05) is 22.6 Å². The van der Waals surface area contributed by atoms with Crippen molar-refractivity contribution in [2.24, 2.45) is 5.73 Å². The first-order valence-corrected chi connectivity index (χ1v) is 7.65. The second-order valence-corrected chi connectivity index (χ2v) is 5.45. The molecule has 0 radical (unpaired) electrons. The Balaban J connectivity index is 1.86. The summed E-state index contributed by atoms with van der Waals surface area (Å²) in [4.78, 5) is 22.8. The predicted molar refractivity (Wildman–Crippen MR) is 91.2 cm³/mol. The lowest BCUT2D eigenvalue weighted by Gasteiger charge is -2.09. The Morgan fingerprint density at radius 1 is 1.12 bits per heavy atom. The summed E-state index contributed by atoms with van der Waals surface area (Å²) in [5.74, 6) is 0.103. The fourth-order valence-electron chi connectivity index (χ4n) is 2.49. The minimum absolute atomic E-state index is 0.226. The second-order valence-electron chi connectivity index (χ2n) is 5.45. The molecular weight excluding hydrogens is 306 g/mol. The van der Waals surface area contributed by atoms with Crippen molar-refractivity contribution >= 4 is 16.9 Å². The molecule has 24 heavy (non-hydrogen) atoms. The number of aryl methyl sites for hydroxylation is 1. The molecule has 1 amide bonds. The summed E-state index contributed by atoms with van der Waals surface area (Å²) in [7, 11) is 0. The molecule has 0 aliphatic heterocycles. The zero-order chi connectivity index (χ0) is 17.1. The van der Waals surface area contributed by atoms with Crippen LogP contribution in [-0.4, -0.2) is 5.91 Å². The van der Waals surface area contributed by atoms with E-state index in [1.807, 2.05) is 25.1 Å². The third-order valence-corrected chi connectivity index (χ3v) is 3.84. The van der Waals surface area contributed by atoms with Crippen LogP contribution in [0.1, 0.15) is 28.4 Å². The van der Waals surface area contributed by atoms with Gasteiger partial charge in [-0.1, -0.05) is 19.1 Å². The Hall–Kier alpha value is -3.08. The molecule has 1 heterocycles. The third kappa shape index (κ3) is 3.30. The zero-order valence-corrected chi connectivity index (χ0v) is 13.2. The summed E-state index contributed by atoms with van der Waals surface area (Å²) < 4.78 is 11.0. The maximum Gasteiger partial charge on any atom is 0.336 e. The van der Waals surface area contributed by atoms with Gasteiger partial charge in [-0.3, -0.25) is 4.79 Å². The number of benzene rings is 2. The van der Waals surface area contributed by atoms with Crippen LogP contribution in [0.3, 0.4) is 0 Å². The second kappa shape index (κ2) is 6.58. The molecule has 0 saturated carbocycles. The summed E-state index contributed by atoms with van der Waals surface area (Å²) in [6, 6.07) is 13.8. The molecule has 0 bridgehead atoms. The van der Waals surface area contributed by atoms with Gasteiger partial charge in [0.25, 0.3) is 0 Å². The molecule has 0 unspecified atom stereocenters. The van der Waals surface area contributed by atoms with Crippen molar-refractivity contribution < 1.29 is 13.9 Å². The Labute approximate surface area is 138 Å². The largest absolute Gasteiger partial charge is 0.489 e. The molecular formula is C19H17NO4. The van der Waals surface area contributed by atoms with Gasteiger partial charge in [-0.25, -0.2) is 4.79 Å². The normalized spacial score (nSPS) is 10.7. The van der Waals surface area contributed by atoms with E-state index in [1.165, 1.54) is 6.07 Å². The highest BCUT2D eigenvalue weighted by Gasteiger charge is 2.08. The fourth-order valence-corrected chi connectivity index (χ4v) is 2.49. The Bertz CT molecular complexity index is 942. The van der Waals surface area contributed by atoms with Gasteiger partial charge in [-0.05, 0) is 42.3 Å². The highest BCUT2D eigenvalue weighted by Crippen LogP contribution is 2.21. The molecule has 5 nitrogen and oxygen atoms in total. The lowest BCUT2D eigenvalue weighted by molar-refractivity contribution is 0.1000. The van der Waals surface area contributed by atoms with Gasteiger partial charge in [0.05, 0.1) is 0 Å². The van der Waals surface area contributed by atoms with Crippen molar-refractivity contribution in [2.45, 2.75) is 20.0 Å². The van der Waals surface area contributed by atoms with Crippen LogP contribution in [0.2, 0.25) is 0 Å². The van der Waals surface area contributed by atoms with Gasteiger partial charge in [-0.15, -0.1) is 0 Å². The van der Waals surface area contributed by atoms with E-state index in [0.717, 1.165) is 22.9 Å². The average molecular weight is 323 g/mol. The lowest BCUT2D eigenvalue weighted by Crippen LogP contribution is -2.10. The molecule has 5 heteroatoms. The Morgan fingerprint density at radius 2 is 1.88 bits per heavy atom. The van der Waals surface area contributed by atoms with E-state index >= 15 is 0 Å². The Kier molecular flexibility index (Phi) is 4.33. The van der Waals surface area contributed by atoms with Crippen molar-refractivity contribution in [1.82, 2.24) is 0 Å². The number of fused-ring (bicyclic) bond motifs is 1. The van der Waals surface area contributed by atoms with Gasteiger partial charge in [0.15, 0.2) is 0 Å². The minimum atomic E-state index is -0.486. The summed E-state index contributed by atoms with van der Waals surface area (Å²) in [6.45, 7) is 2.27. The molecule has 2 N–H and O–H groups in total. The SMILES string of the molecule is CCc1ccc2c(COc3ccc(C(N)=O)cc3)cc(=O)oc2c1. The number of carbonyl (C=O) groups is 1. The monoisotopic (exact) mass is 323 g/mol. The van der Waals surface area contributed by atoms with E-state index in [2.05, 4.69) is 0 Å². The number of carbonyl (C=O) groups excluding carboxylic acids is 1. The fraction of sp³-hybridized carbons (Fsp3) is 0.158. The van der Waals surface area contributed by atoms with E-state index in [9.17, 15) is 9.59 Å². The van der Waals surface area contributed by atoms with Crippen molar-refractivity contribution in [2.75, 3.05) is 0 Å². The molecule has 0 saturated heterocycles. The number of primary amides is 1. The van der Waals surface area contributed by atoms with E-state index in [4.69, 9.17) is 14.9 Å². The molecule has 1 aromatic heterocycles. The molecule has 122 valence electrons. The highest BCUT2D eigenvalue weighted by atomic mass is 16.5. The average Bonchev–Trinajstić information content (AvgIpc) is 2.59. The lowest BCUT2D eigenvalue weighted by atomic mass is 10.1. The molecule has 0 spiro atoms. The van der Waals surface area contributed by atoms with Crippen LogP contribution in [0, 0.1) is 0 Å². The number of nitrogens with two attached hydrogens (primary N) is 1. The van der Waals surface area contributed by atoms with Gasteiger partial charge in [-0.2, -0.15) is 0 Å². The van der Waals surface area contributed by atoms with Crippen LogP contribution in [-0.2, 0) is 13.0 Å². The quantitative estimate of drug-likeness (QED) is 0.732. The maximum absolute atomic E-state index is 11.8. The van der Waals surface area contributed by atoms with Crippen molar-refractivity contribution in [3.8, 4) is 5.75 Å². The van der Waals surface area contributed by atoms with Crippen LogP contribution in [0.15, 0.2) is 57.7 Å². The summed E-state index contributed by atoms with van der Waals surface area (Å²) in [5, 5.41) is 0.848. The maximum atomic E-state index is 11.8. The van der Waals surface area contributed by atoms with Gasteiger partial charge in [0.2, 0.25) is 5.91 Å². The molecule has 3 aromatic rings. The smallest absolute Gasteiger partial charge is 0.336 e. The van der Waals surface area contributed by atoms with Crippen LogP contribution >= 0.6 is 0 Å². The topological polar surface area (TPSA) is 82.5 Å². The first-order chi connectivity index (χ1) is 11.6. The first kappa shape index (κ1) is 15.8. The summed E-state index contributed by atoms with van der Waals surface area (Å²) >= 11 is 0. The molecule has 0 fully saturated rings. The van der Waals surface area contributed by atoms with Crippen molar-refractivity contribution in [3.63, 3.8) is 0 Å². The van der Waals surface area contributed by atoms with Crippen molar-refractivity contribution in [3.05, 3.63) is 75.6 Å². The van der Waals surface area contributed by atoms with Gasteiger partial charge in [0.1, 0.15) is 17.9 Å². The molecule has 3 rings (SSSR count). The van der Waals surface area contributed by atoms with E-state index in [-0.39, 0.29) is 6.61 Å². The van der Waals surface area contributed by atoms with Gasteiger partial charge < -0.3 is 14.9 Å². The first-order valence-electron chi connectivity index (χ1n) is 7.65. The van der Waals surface area contributed by atoms with E-state index < -0.39 is 11.5 Å². The number of hydrogen-bond donors (Lipinski definition) is 1. The van der Waals surface area contributed by atoms with E-state index in [0.29, 0.717) is 16.9 Å². The number of rotatable bonds is 5. The summed E-state index contributed by atoms with van der Waals surface area (Å²) in [5.41, 5.74) is 7.63. The predicted octanol–water partition coefficient (Wildman–Crippen LogP) is 3.03. The highest BCUT2D eigenvalue weighted by molar-refractivity contribution is 5.92. The standard InChI is InChI=1S/C19H17NO4/c1-2-12-3-8-16-14(10-18(21)24-17(16)9-12)11-23-15-6-4-13(5-7-15)19(20)22/h3-10H,2,11H2,1H3,(H2,20,22). The Morgan fingerprint density at radius 3 is 2.54 bits per heavy atom. The number of amides is 1. The molecule has 0 atom stereocenters. The van der Waals surface area contributed by atoms with E-state index in [1.54, 1.807) is 24.3 Å². The molecule has 0 aliphatic rings. The number of hydrogen-bond acceptors (Lipinski definition) is 4. The van der Waals surface area contributed by atoms with Crippen LogP contribution in [0.5, 0.6) is 5.75 Å².